The molecular formula is C20H16ClF5N4O. The van der Waals surface area contributed by atoms with Crippen LogP contribution in [0.2, 0.25) is 5.02 Å². The summed E-state index contributed by atoms with van der Waals surface area (Å²) in [7, 11) is 0. The van der Waals surface area contributed by atoms with E-state index in [1.165, 1.54) is 24.3 Å². The molecule has 1 heterocycles. The van der Waals surface area contributed by atoms with Crippen molar-refractivity contribution in [3.8, 4) is 0 Å². The van der Waals surface area contributed by atoms with Gasteiger partial charge in [-0.1, -0.05) is 23.7 Å². The van der Waals surface area contributed by atoms with Gasteiger partial charge in [0, 0.05) is 22.6 Å². The third-order valence-electron chi connectivity index (χ3n) is 4.44. The van der Waals surface area contributed by atoms with Crippen molar-refractivity contribution < 1.29 is 26.7 Å². The highest BCUT2D eigenvalue weighted by atomic mass is 35.5. The normalized spacial score (nSPS) is 12.1. The predicted molar refractivity (Wildman–Crippen MR) is 106 cm³/mol. The van der Waals surface area contributed by atoms with E-state index in [1.807, 2.05) is 0 Å². The Morgan fingerprint density at radius 1 is 1.13 bits per heavy atom. The van der Waals surface area contributed by atoms with Gasteiger partial charge >= 0.3 is 12.1 Å². The van der Waals surface area contributed by atoms with Crippen LogP contribution in [0.15, 0.2) is 48.7 Å². The average Bonchev–Trinajstić information content (AvgIpc) is 3.10. The van der Waals surface area contributed by atoms with Gasteiger partial charge < -0.3 is 11.1 Å². The molecule has 3 aromatic rings. The van der Waals surface area contributed by atoms with Gasteiger partial charge in [0.25, 0.3) is 5.91 Å². The zero-order valence-electron chi connectivity index (χ0n) is 16.0. The van der Waals surface area contributed by atoms with E-state index in [0.29, 0.717) is 21.8 Å². The minimum Gasteiger partial charge on any atom is -0.399 e. The summed E-state index contributed by atoms with van der Waals surface area (Å²) in [6, 6.07) is 10.4. The standard InChI is InChI=1S/C20H16ClF5N4O/c1-11-8-12(2-7-16(11)27)9-30-10-15(17(29-30)19(22,23)20(24,25)26)18(31)28-14-5-3-13(21)4-6-14/h2-8,10H,9,27H2,1H3,(H,28,31). The molecule has 0 aliphatic heterocycles. The van der Waals surface area contributed by atoms with Gasteiger partial charge in [0.15, 0.2) is 5.69 Å². The van der Waals surface area contributed by atoms with E-state index in [1.54, 1.807) is 25.1 Å². The van der Waals surface area contributed by atoms with E-state index in [4.69, 9.17) is 17.3 Å². The highest BCUT2D eigenvalue weighted by molar-refractivity contribution is 6.30. The van der Waals surface area contributed by atoms with E-state index >= 15 is 0 Å². The maximum Gasteiger partial charge on any atom is 0.459 e. The smallest absolute Gasteiger partial charge is 0.399 e. The van der Waals surface area contributed by atoms with Gasteiger partial charge in [0.1, 0.15) is 0 Å². The number of aromatic nitrogens is 2. The molecule has 2 aromatic carbocycles. The molecule has 3 N–H and O–H groups in total. The van der Waals surface area contributed by atoms with Crippen molar-refractivity contribution in [3.05, 3.63) is 76.1 Å². The zero-order valence-corrected chi connectivity index (χ0v) is 16.7. The van der Waals surface area contributed by atoms with Crippen molar-refractivity contribution >= 4 is 28.9 Å². The minimum atomic E-state index is -5.93. The first-order valence-electron chi connectivity index (χ1n) is 8.83. The van der Waals surface area contributed by atoms with Crippen LogP contribution in [0.1, 0.15) is 27.2 Å². The second-order valence-corrected chi connectivity index (χ2v) is 7.25. The molecule has 11 heteroatoms. The molecule has 0 atom stereocenters. The summed E-state index contributed by atoms with van der Waals surface area (Å²) < 4.78 is 68.1. The van der Waals surface area contributed by atoms with Crippen molar-refractivity contribution in [1.82, 2.24) is 9.78 Å². The lowest BCUT2D eigenvalue weighted by atomic mass is 10.1. The predicted octanol–water partition coefficient (Wildman–Crippen LogP) is 5.38. The van der Waals surface area contributed by atoms with Crippen LogP contribution >= 0.6 is 11.6 Å². The number of rotatable bonds is 5. The van der Waals surface area contributed by atoms with Crippen LogP contribution in [0, 0.1) is 6.92 Å². The van der Waals surface area contributed by atoms with Crippen LogP contribution in [0.25, 0.3) is 0 Å². The molecule has 0 aliphatic carbocycles. The Bertz CT molecular complexity index is 1110. The van der Waals surface area contributed by atoms with E-state index in [9.17, 15) is 26.7 Å². The molecule has 1 amide bonds. The molecule has 1 aromatic heterocycles. The first-order chi connectivity index (χ1) is 14.4. The van der Waals surface area contributed by atoms with Crippen LogP contribution in [0.4, 0.5) is 33.3 Å². The molecule has 0 saturated heterocycles. The molecule has 0 aliphatic rings. The number of alkyl halides is 5. The largest absolute Gasteiger partial charge is 0.459 e. The lowest BCUT2D eigenvalue weighted by molar-refractivity contribution is -0.291. The number of amides is 1. The Labute approximate surface area is 178 Å². The van der Waals surface area contributed by atoms with Crippen LogP contribution in [-0.2, 0) is 12.5 Å². The summed E-state index contributed by atoms with van der Waals surface area (Å²) in [6.07, 6.45) is -5.08. The third kappa shape index (κ3) is 4.79. The van der Waals surface area contributed by atoms with Crippen LogP contribution in [0.3, 0.4) is 0 Å². The summed E-state index contributed by atoms with van der Waals surface area (Å²) >= 11 is 5.74. The lowest BCUT2D eigenvalue weighted by Gasteiger charge is -2.18. The summed E-state index contributed by atoms with van der Waals surface area (Å²) in [6.45, 7) is 1.58. The SMILES string of the molecule is Cc1cc(Cn2cc(C(=O)Nc3ccc(Cl)cc3)c(C(F)(F)C(F)(F)F)n2)ccc1N. The maximum atomic E-state index is 14.1. The van der Waals surface area contributed by atoms with E-state index < -0.39 is 29.3 Å². The molecule has 0 radical (unpaired) electrons. The lowest BCUT2D eigenvalue weighted by Crippen LogP contribution is -2.36. The number of nitrogens with two attached hydrogens (primary N) is 1. The number of carbonyl (C=O) groups excluding carboxylic acids is 1. The molecule has 0 fully saturated rings. The molecule has 0 spiro atoms. The second-order valence-electron chi connectivity index (χ2n) is 6.81. The first kappa shape index (κ1) is 22.5. The summed E-state index contributed by atoms with van der Waals surface area (Å²) in [5.41, 5.74) is 5.07. The quantitative estimate of drug-likeness (QED) is 0.398. The average molecular weight is 459 g/mol. The van der Waals surface area contributed by atoms with Crippen molar-refractivity contribution in [2.24, 2.45) is 0 Å². The van der Waals surface area contributed by atoms with Gasteiger partial charge in [-0.2, -0.15) is 27.1 Å². The number of benzene rings is 2. The summed E-state index contributed by atoms with van der Waals surface area (Å²) in [5, 5.41) is 6.04. The number of hydrogen-bond acceptors (Lipinski definition) is 3. The third-order valence-corrected chi connectivity index (χ3v) is 4.69. The topological polar surface area (TPSA) is 72.9 Å². The first-order valence-corrected chi connectivity index (χ1v) is 9.20. The molecular weight excluding hydrogens is 443 g/mol. The van der Waals surface area contributed by atoms with Crippen LogP contribution in [0.5, 0.6) is 0 Å². The molecule has 0 unspecified atom stereocenters. The van der Waals surface area contributed by atoms with Gasteiger partial charge in [0.2, 0.25) is 0 Å². The number of anilines is 2. The van der Waals surface area contributed by atoms with Gasteiger partial charge in [-0.25, -0.2) is 0 Å². The number of nitrogens with zero attached hydrogens (tertiary/aromatic N) is 2. The number of nitrogen functional groups attached to an aromatic ring is 1. The van der Waals surface area contributed by atoms with Gasteiger partial charge in [-0.3, -0.25) is 9.48 Å². The van der Waals surface area contributed by atoms with E-state index in [-0.39, 0.29) is 12.2 Å². The summed E-state index contributed by atoms with van der Waals surface area (Å²) in [5.74, 6) is -6.50. The fraction of sp³-hybridized carbons (Fsp3) is 0.200. The Balaban J connectivity index is 1.99. The highest BCUT2D eigenvalue weighted by Gasteiger charge is 2.62. The number of nitrogens with one attached hydrogen (secondary N) is 1. The Hall–Kier alpha value is -3.14. The molecule has 0 saturated carbocycles. The Morgan fingerprint density at radius 2 is 1.77 bits per heavy atom. The van der Waals surface area contributed by atoms with Crippen molar-refractivity contribution in [3.63, 3.8) is 0 Å². The van der Waals surface area contributed by atoms with Crippen molar-refractivity contribution in [1.29, 1.82) is 0 Å². The number of aryl methyl sites for hydroxylation is 1. The highest BCUT2D eigenvalue weighted by Crippen LogP contribution is 2.44. The Kier molecular flexibility index (Phi) is 5.95. The monoisotopic (exact) mass is 458 g/mol. The molecule has 0 bridgehead atoms. The van der Waals surface area contributed by atoms with Crippen molar-refractivity contribution in [2.75, 3.05) is 11.1 Å². The van der Waals surface area contributed by atoms with Gasteiger partial charge in [-0.05, 0) is 48.4 Å². The second kappa shape index (κ2) is 8.18. The van der Waals surface area contributed by atoms with Crippen LogP contribution < -0.4 is 11.1 Å². The van der Waals surface area contributed by atoms with Crippen molar-refractivity contribution in [2.45, 2.75) is 25.6 Å². The number of carbonyl (C=O) groups is 1. The molecule has 164 valence electrons. The fourth-order valence-electron chi connectivity index (χ4n) is 2.79. The number of hydrogen-bond donors (Lipinski definition) is 2. The van der Waals surface area contributed by atoms with Crippen LogP contribution in [-0.4, -0.2) is 21.9 Å². The molecule has 31 heavy (non-hydrogen) atoms. The van der Waals surface area contributed by atoms with Gasteiger partial charge in [0.05, 0.1) is 12.1 Å². The van der Waals surface area contributed by atoms with Gasteiger partial charge in [-0.15, -0.1) is 0 Å². The Morgan fingerprint density at radius 3 is 2.35 bits per heavy atom. The van der Waals surface area contributed by atoms with E-state index in [0.717, 1.165) is 10.9 Å². The summed E-state index contributed by atoms with van der Waals surface area (Å²) in [4.78, 5) is 12.5. The fourth-order valence-corrected chi connectivity index (χ4v) is 2.92. The molecule has 5 nitrogen and oxygen atoms in total. The molecule has 3 rings (SSSR count). The minimum absolute atomic E-state index is 0.143. The number of halogens is 6. The maximum absolute atomic E-state index is 14.1. The van der Waals surface area contributed by atoms with E-state index in [2.05, 4.69) is 10.4 Å². The zero-order chi connectivity index (χ0) is 23.0.